The minimum Gasteiger partial charge on any atom is -0.370 e. The number of carbonyl (C=O) groups is 1. The second kappa shape index (κ2) is 11.3. The number of halogens is 1. The average Bonchev–Trinajstić information content (AvgIpc) is 2.55. The zero-order valence-electron chi connectivity index (χ0n) is 15.2. The number of hydrogen-bond acceptors (Lipinski definition) is 3. The Kier molecular flexibility index (Phi) is 9.77. The fourth-order valence-electron chi connectivity index (χ4n) is 3.20. The van der Waals surface area contributed by atoms with Crippen LogP contribution in [-0.4, -0.2) is 47.9 Å². The summed E-state index contributed by atoms with van der Waals surface area (Å²) in [6, 6.07) is 2.06. The van der Waals surface area contributed by atoms with Crippen molar-refractivity contribution >= 4 is 35.8 Å². The highest BCUT2D eigenvalue weighted by atomic mass is 127. The van der Waals surface area contributed by atoms with Crippen molar-refractivity contribution in [3.63, 3.8) is 0 Å². The van der Waals surface area contributed by atoms with Crippen LogP contribution >= 0.6 is 24.0 Å². The monoisotopic (exact) mass is 459 g/mol. The Bertz CT molecular complexity index is 578. The number of piperidine rings is 1. The predicted molar refractivity (Wildman–Crippen MR) is 112 cm³/mol. The molecular weight excluding hydrogens is 429 g/mol. The first-order valence-corrected chi connectivity index (χ1v) is 8.81. The van der Waals surface area contributed by atoms with E-state index in [0.29, 0.717) is 12.3 Å². The zero-order valence-corrected chi connectivity index (χ0v) is 17.5. The van der Waals surface area contributed by atoms with Crippen molar-refractivity contribution < 1.29 is 4.79 Å². The largest absolute Gasteiger partial charge is 0.370 e. The van der Waals surface area contributed by atoms with Gasteiger partial charge in [-0.1, -0.05) is 0 Å². The number of nitrogens with one attached hydrogen (secondary N) is 1. The minimum atomic E-state index is -0.211. The molecular formula is C18H30IN5O. The molecule has 0 aromatic carbocycles. The Morgan fingerprint density at radius 2 is 2.32 bits per heavy atom. The number of nitrogens with two attached hydrogens (primary N) is 1. The van der Waals surface area contributed by atoms with Crippen LogP contribution in [0.15, 0.2) is 23.5 Å². The Balaban J connectivity index is 0.00000312. The average molecular weight is 459 g/mol. The number of hydrogen-bond donors (Lipinski definition) is 2. The molecule has 1 aliphatic heterocycles. The lowest BCUT2D eigenvalue weighted by Gasteiger charge is -2.34. The molecule has 0 bridgehead atoms. The van der Waals surface area contributed by atoms with Gasteiger partial charge >= 0.3 is 0 Å². The van der Waals surface area contributed by atoms with Crippen LogP contribution in [-0.2, 0) is 11.2 Å². The lowest BCUT2D eigenvalue weighted by molar-refractivity contribution is -0.119. The number of aromatic nitrogens is 1. The Labute approximate surface area is 167 Å². The van der Waals surface area contributed by atoms with Gasteiger partial charge in [0.05, 0.1) is 0 Å². The van der Waals surface area contributed by atoms with Gasteiger partial charge in [0.2, 0.25) is 5.91 Å². The molecule has 2 heterocycles. The summed E-state index contributed by atoms with van der Waals surface area (Å²) in [6.45, 7) is 7.57. The summed E-state index contributed by atoms with van der Waals surface area (Å²) in [7, 11) is 0. The van der Waals surface area contributed by atoms with Gasteiger partial charge in [-0.2, -0.15) is 0 Å². The van der Waals surface area contributed by atoms with Crippen molar-refractivity contribution in [1.82, 2.24) is 15.2 Å². The molecule has 0 spiro atoms. The molecule has 1 aromatic rings. The minimum absolute atomic E-state index is 0. The standard InChI is InChI=1S/C18H29N5O.HI/c1-3-21-18(22-9-7-16-6-8-20-12-14(16)2)23-10-4-5-15(13-23)11-17(19)24;/h6,8,12,15H,3-5,7,9-11,13H2,1-2H3,(H2,19,24)(H,21,22);1H. The number of amides is 1. The van der Waals surface area contributed by atoms with Crippen molar-refractivity contribution in [1.29, 1.82) is 0 Å². The van der Waals surface area contributed by atoms with E-state index in [9.17, 15) is 4.79 Å². The van der Waals surface area contributed by atoms with Gasteiger partial charge < -0.3 is 16.0 Å². The first-order chi connectivity index (χ1) is 11.6. The summed E-state index contributed by atoms with van der Waals surface area (Å²) < 4.78 is 0. The van der Waals surface area contributed by atoms with E-state index in [0.717, 1.165) is 51.4 Å². The normalized spacial score (nSPS) is 17.8. The summed E-state index contributed by atoms with van der Waals surface area (Å²) in [6.07, 6.45) is 7.23. The lowest BCUT2D eigenvalue weighted by atomic mass is 9.95. The smallest absolute Gasteiger partial charge is 0.217 e. The fourth-order valence-corrected chi connectivity index (χ4v) is 3.20. The van der Waals surface area contributed by atoms with Gasteiger partial charge in [0.25, 0.3) is 0 Å². The maximum atomic E-state index is 11.2. The number of nitrogens with zero attached hydrogens (tertiary/aromatic N) is 3. The molecule has 0 radical (unpaired) electrons. The highest BCUT2D eigenvalue weighted by Crippen LogP contribution is 2.19. The maximum absolute atomic E-state index is 11.2. The van der Waals surface area contributed by atoms with Gasteiger partial charge in [-0.3, -0.25) is 14.8 Å². The van der Waals surface area contributed by atoms with Gasteiger partial charge in [-0.05, 0) is 56.2 Å². The SMILES string of the molecule is CCNC(=NCCc1ccncc1C)N1CCCC(CC(N)=O)C1.I. The molecule has 1 saturated heterocycles. The van der Waals surface area contributed by atoms with Crippen LogP contribution < -0.4 is 11.1 Å². The molecule has 3 N–H and O–H groups in total. The van der Waals surface area contributed by atoms with E-state index >= 15 is 0 Å². The number of aliphatic imine (C=N–C) groups is 1. The molecule has 6 nitrogen and oxygen atoms in total. The first kappa shape index (κ1) is 21.7. The highest BCUT2D eigenvalue weighted by molar-refractivity contribution is 14.0. The van der Waals surface area contributed by atoms with Crippen LogP contribution in [0.2, 0.25) is 0 Å². The highest BCUT2D eigenvalue weighted by Gasteiger charge is 2.23. The van der Waals surface area contributed by atoms with Gasteiger partial charge in [-0.25, -0.2) is 0 Å². The zero-order chi connectivity index (χ0) is 17.4. The lowest BCUT2D eigenvalue weighted by Crippen LogP contribution is -2.47. The molecule has 0 aliphatic carbocycles. The molecule has 1 fully saturated rings. The van der Waals surface area contributed by atoms with Gasteiger partial charge in [-0.15, -0.1) is 24.0 Å². The predicted octanol–water partition coefficient (Wildman–Crippen LogP) is 2.10. The van der Waals surface area contributed by atoms with Crippen molar-refractivity contribution in [2.24, 2.45) is 16.6 Å². The molecule has 1 amide bonds. The fraction of sp³-hybridized carbons (Fsp3) is 0.611. The van der Waals surface area contributed by atoms with E-state index in [-0.39, 0.29) is 29.9 Å². The van der Waals surface area contributed by atoms with E-state index in [4.69, 9.17) is 10.7 Å². The number of carbonyl (C=O) groups excluding carboxylic acids is 1. The number of pyridine rings is 1. The van der Waals surface area contributed by atoms with Gasteiger partial charge in [0.1, 0.15) is 0 Å². The third-order valence-electron chi connectivity index (χ3n) is 4.42. The van der Waals surface area contributed by atoms with Crippen LogP contribution in [0.3, 0.4) is 0 Å². The number of primary amides is 1. The van der Waals surface area contributed by atoms with Crippen molar-refractivity contribution in [2.45, 2.75) is 39.5 Å². The number of guanidine groups is 1. The topological polar surface area (TPSA) is 83.6 Å². The van der Waals surface area contributed by atoms with E-state index in [1.807, 2.05) is 12.4 Å². The molecule has 2 rings (SSSR count). The van der Waals surface area contributed by atoms with Crippen LogP contribution in [0.1, 0.15) is 37.3 Å². The molecule has 1 unspecified atom stereocenters. The van der Waals surface area contributed by atoms with E-state index < -0.39 is 0 Å². The van der Waals surface area contributed by atoms with Crippen molar-refractivity contribution in [2.75, 3.05) is 26.2 Å². The number of likely N-dealkylation sites (tertiary alicyclic amines) is 1. The third kappa shape index (κ3) is 7.17. The second-order valence-corrected chi connectivity index (χ2v) is 6.41. The first-order valence-electron chi connectivity index (χ1n) is 8.81. The molecule has 1 aliphatic rings. The molecule has 7 heteroatoms. The van der Waals surface area contributed by atoms with E-state index in [1.54, 1.807) is 0 Å². The number of aryl methyl sites for hydroxylation is 1. The maximum Gasteiger partial charge on any atom is 0.217 e. The molecule has 1 atom stereocenters. The quantitative estimate of drug-likeness (QED) is 0.388. The van der Waals surface area contributed by atoms with E-state index in [1.165, 1.54) is 11.1 Å². The molecule has 0 saturated carbocycles. The molecule has 140 valence electrons. The summed E-state index contributed by atoms with van der Waals surface area (Å²) >= 11 is 0. The van der Waals surface area contributed by atoms with Crippen molar-refractivity contribution in [3.8, 4) is 0 Å². The second-order valence-electron chi connectivity index (χ2n) is 6.41. The number of rotatable bonds is 6. The summed E-state index contributed by atoms with van der Waals surface area (Å²) in [4.78, 5) is 22.4. The molecule has 1 aromatic heterocycles. The molecule has 25 heavy (non-hydrogen) atoms. The van der Waals surface area contributed by atoms with Crippen LogP contribution in [0.4, 0.5) is 0 Å². The Morgan fingerprint density at radius 3 is 3.00 bits per heavy atom. The summed E-state index contributed by atoms with van der Waals surface area (Å²) in [5.74, 6) is 1.07. The summed E-state index contributed by atoms with van der Waals surface area (Å²) in [5, 5.41) is 3.37. The van der Waals surface area contributed by atoms with Crippen LogP contribution in [0.5, 0.6) is 0 Å². The van der Waals surface area contributed by atoms with Crippen molar-refractivity contribution in [3.05, 3.63) is 29.6 Å². The third-order valence-corrected chi connectivity index (χ3v) is 4.42. The van der Waals surface area contributed by atoms with Crippen LogP contribution in [0.25, 0.3) is 0 Å². The summed E-state index contributed by atoms with van der Waals surface area (Å²) in [5.41, 5.74) is 7.85. The van der Waals surface area contributed by atoms with Gasteiger partial charge in [0.15, 0.2) is 5.96 Å². The Morgan fingerprint density at radius 1 is 1.52 bits per heavy atom. The van der Waals surface area contributed by atoms with Crippen LogP contribution in [0, 0.1) is 12.8 Å². The van der Waals surface area contributed by atoms with E-state index in [2.05, 4.69) is 35.1 Å². The Hall–Kier alpha value is -1.38. The van der Waals surface area contributed by atoms with Gasteiger partial charge in [0, 0.05) is 45.0 Å².